The van der Waals surface area contributed by atoms with Crippen molar-refractivity contribution >= 4 is 11.7 Å². The summed E-state index contributed by atoms with van der Waals surface area (Å²) in [6, 6.07) is 4.07. The van der Waals surface area contributed by atoms with Crippen LogP contribution in [0.1, 0.15) is 19.9 Å². The summed E-state index contributed by atoms with van der Waals surface area (Å²) in [5, 5.41) is 7.14. The van der Waals surface area contributed by atoms with Crippen LogP contribution in [0.4, 0.5) is 5.82 Å². The van der Waals surface area contributed by atoms with Crippen molar-refractivity contribution in [3.63, 3.8) is 0 Å². The average molecular weight is 394 g/mol. The van der Waals surface area contributed by atoms with Crippen LogP contribution < -0.4 is 15.0 Å². The van der Waals surface area contributed by atoms with E-state index in [1.165, 1.54) is 0 Å². The van der Waals surface area contributed by atoms with E-state index in [1.807, 2.05) is 27.9 Å². The van der Waals surface area contributed by atoms with E-state index >= 15 is 0 Å². The molecule has 0 aromatic carbocycles. The molecular formula is C19H22N8O2. The van der Waals surface area contributed by atoms with Crippen molar-refractivity contribution in [1.82, 2.24) is 34.6 Å². The predicted octanol–water partition coefficient (Wildman–Crippen LogP) is 1.11. The van der Waals surface area contributed by atoms with Crippen LogP contribution in [-0.2, 0) is 11.3 Å². The maximum atomic E-state index is 11.7. The Morgan fingerprint density at radius 1 is 1.17 bits per heavy atom. The van der Waals surface area contributed by atoms with Crippen molar-refractivity contribution in [2.24, 2.45) is 0 Å². The number of fused-ring (bicyclic) bond motifs is 3. The number of anilines is 1. The van der Waals surface area contributed by atoms with Gasteiger partial charge >= 0.3 is 0 Å². The van der Waals surface area contributed by atoms with Gasteiger partial charge in [-0.25, -0.2) is 14.6 Å². The Balaban J connectivity index is 1.53. The maximum absolute atomic E-state index is 11.7. The van der Waals surface area contributed by atoms with E-state index < -0.39 is 0 Å². The first-order chi connectivity index (χ1) is 14.1. The third-order valence-electron chi connectivity index (χ3n) is 5.09. The summed E-state index contributed by atoms with van der Waals surface area (Å²) in [4.78, 5) is 27.6. The van der Waals surface area contributed by atoms with Gasteiger partial charge < -0.3 is 19.5 Å². The molecule has 3 aromatic heterocycles. The first-order valence-electron chi connectivity index (χ1n) is 9.73. The first-order valence-corrected chi connectivity index (χ1v) is 9.73. The number of carbonyl (C=O) groups excluding carboxylic acids is 1. The third kappa shape index (κ3) is 3.10. The highest BCUT2D eigenvalue weighted by Gasteiger charge is 2.24. The summed E-state index contributed by atoms with van der Waals surface area (Å²) in [6.07, 6.45) is 3.54. The summed E-state index contributed by atoms with van der Waals surface area (Å²) in [6.45, 7) is 6.92. The highest BCUT2D eigenvalue weighted by molar-refractivity contribution is 5.82. The molecule has 1 fully saturated rings. The van der Waals surface area contributed by atoms with Gasteiger partial charge in [-0.2, -0.15) is 10.1 Å². The summed E-state index contributed by atoms with van der Waals surface area (Å²) in [5.74, 6) is 2.81. The number of aromatic nitrogens is 6. The van der Waals surface area contributed by atoms with E-state index in [9.17, 15) is 4.79 Å². The largest absolute Gasteiger partial charge is 0.475 e. The molecule has 0 spiro atoms. The van der Waals surface area contributed by atoms with Crippen LogP contribution in [0.25, 0.3) is 22.9 Å². The second-order valence-electron chi connectivity index (χ2n) is 7.41. The van der Waals surface area contributed by atoms with Gasteiger partial charge in [0, 0.05) is 25.3 Å². The van der Waals surface area contributed by atoms with Crippen molar-refractivity contribution in [3.05, 3.63) is 24.7 Å². The van der Waals surface area contributed by atoms with E-state index in [0.717, 1.165) is 35.3 Å². The molecule has 2 aliphatic rings. The second-order valence-corrected chi connectivity index (χ2v) is 7.41. The Hall–Kier alpha value is -3.43. The van der Waals surface area contributed by atoms with Gasteiger partial charge in [0.25, 0.3) is 0 Å². The summed E-state index contributed by atoms with van der Waals surface area (Å²) in [7, 11) is 0. The molecule has 0 radical (unpaired) electrons. The molecule has 10 heteroatoms. The topological polar surface area (TPSA) is 103 Å². The Morgan fingerprint density at radius 2 is 2.07 bits per heavy atom. The van der Waals surface area contributed by atoms with E-state index in [2.05, 4.69) is 38.8 Å². The highest BCUT2D eigenvalue weighted by atomic mass is 16.5. The lowest BCUT2D eigenvalue weighted by atomic mass is 10.2. The molecule has 1 amide bonds. The van der Waals surface area contributed by atoms with Crippen LogP contribution in [0.3, 0.4) is 0 Å². The van der Waals surface area contributed by atoms with Crippen molar-refractivity contribution in [2.45, 2.75) is 26.4 Å². The molecule has 0 atom stereocenters. The Labute approximate surface area is 167 Å². The van der Waals surface area contributed by atoms with Crippen LogP contribution >= 0.6 is 0 Å². The van der Waals surface area contributed by atoms with Crippen molar-refractivity contribution < 1.29 is 9.53 Å². The zero-order valence-electron chi connectivity index (χ0n) is 16.4. The lowest BCUT2D eigenvalue weighted by Gasteiger charge is -2.27. The minimum atomic E-state index is 0.00311. The Bertz CT molecular complexity index is 1070. The normalized spacial score (nSPS) is 16.1. The monoisotopic (exact) mass is 394 g/mol. The molecule has 150 valence electrons. The van der Waals surface area contributed by atoms with Crippen LogP contribution in [0.15, 0.2) is 24.7 Å². The summed E-state index contributed by atoms with van der Waals surface area (Å²) in [5.41, 5.74) is 1.60. The number of nitrogens with one attached hydrogen (secondary N) is 1. The molecule has 2 aliphatic heterocycles. The van der Waals surface area contributed by atoms with Gasteiger partial charge in [-0.1, -0.05) is 0 Å². The minimum Gasteiger partial charge on any atom is -0.475 e. The highest BCUT2D eigenvalue weighted by Crippen LogP contribution is 2.34. The molecule has 1 N–H and O–H groups in total. The number of piperazine rings is 1. The maximum Gasteiger partial charge on any atom is 0.239 e. The second kappa shape index (κ2) is 6.87. The minimum absolute atomic E-state index is 0.00311. The van der Waals surface area contributed by atoms with Gasteiger partial charge in [-0.05, 0) is 26.0 Å². The smallest absolute Gasteiger partial charge is 0.239 e. The molecule has 29 heavy (non-hydrogen) atoms. The number of pyridine rings is 1. The van der Waals surface area contributed by atoms with Crippen molar-refractivity contribution in [2.75, 3.05) is 31.1 Å². The van der Waals surface area contributed by atoms with Crippen molar-refractivity contribution in [3.8, 4) is 28.8 Å². The van der Waals surface area contributed by atoms with Gasteiger partial charge in [0.15, 0.2) is 5.82 Å². The molecule has 5 heterocycles. The molecule has 3 aromatic rings. The number of rotatable bonds is 3. The first kappa shape index (κ1) is 17.7. The van der Waals surface area contributed by atoms with Crippen LogP contribution in [0.5, 0.6) is 5.88 Å². The molecule has 0 unspecified atom stereocenters. The number of hydrogen-bond donors (Lipinski definition) is 1. The number of ether oxygens (including phenoxy) is 1. The van der Waals surface area contributed by atoms with E-state index in [1.54, 1.807) is 6.33 Å². The fourth-order valence-electron chi connectivity index (χ4n) is 3.68. The van der Waals surface area contributed by atoms with Crippen molar-refractivity contribution in [1.29, 1.82) is 0 Å². The Kier molecular flexibility index (Phi) is 4.18. The zero-order valence-corrected chi connectivity index (χ0v) is 16.4. The van der Waals surface area contributed by atoms with Gasteiger partial charge in [0.05, 0.1) is 18.7 Å². The van der Waals surface area contributed by atoms with Crippen LogP contribution in [-0.4, -0.2) is 61.4 Å². The number of amides is 1. The lowest BCUT2D eigenvalue weighted by Crippen LogP contribution is -2.48. The average Bonchev–Trinajstić information content (AvgIpc) is 3.32. The zero-order chi connectivity index (χ0) is 20.0. The number of hydrogen-bond acceptors (Lipinski definition) is 7. The van der Waals surface area contributed by atoms with E-state index in [4.69, 9.17) is 9.72 Å². The molecule has 5 rings (SSSR count). The third-order valence-corrected chi connectivity index (χ3v) is 5.09. The van der Waals surface area contributed by atoms with E-state index in [0.29, 0.717) is 32.1 Å². The number of nitrogens with zero attached hydrogens (tertiary/aromatic N) is 7. The Morgan fingerprint density at radius 3 is 2.90 bits per heavy atom. The number of carbonyl (C=O) groups is 1. The molecule has 1 saturated heterocycles. The fourth-order valence-corrected chi connectivity index (χ4v) is 3.68. The summed E-state index contributed by atoms with van der Waals surface area (Å²) >= 11 is 0. The van der Waals surface area contributed by atoms with Gasteiger partial charge in [0.2, 0.25) is 11.8 Å². The molecule has 0 saturated carbocycles. The predicted molar refractivity (Wildman–Crippen MR) is 106 cm³/mol. The molecule has 0 aliphatic carbocycles. The number of imidazole rings is 1. The van der Waals surface area contributed by atoms with Gasteiger partial charge in [-0.3, -0.25) is 4.79 Å². The van der Waals surface area contributed by atoms with Crippen LogP contribution in [0, 0.1) is 0 Å². The van der Waals surface area contributed by atoms with Crippen LogP contribution in [0.2, 0.25) is 0 Å². The molecule has 0 bridgehead atoms. The molecule has 10 nitrogen and oxygen atoms in total. The fraction of sp³-hybridized carbons (Fsp3) is 0.421. The van der Waals surface area contributed by atoms with Gasteiger partial charge in [-0.15, -0.1) is 0 Å². The molecular weight excluding hydrogens is 372 g/mol. The standard InChI is InChI=1S/C19H22N8O2/c1-12(2)27-18(21-11-22-27)14-9-26-7-8-29-19-13(17(26)23-14)3-4-15(24-19)25-6-5-20-16(28)10-25/h3-4,9,11-12H,5-8,10H2,1-2H3,(H,20,28). The van der Waals surface area contributed by atoms with Gasteiger partial charge in [0.1, 0.15) is 30.3 Å². The quantitative estimate of drug-likeness (QED) is 0.710. The SMILES string of the molecule is CC(C)n1ncnc1-c1cn2c(n1)-c1ccc(N3CCNC(=O)C3)nc1OCC2. The van der Waals surface area contributed by atoms with E-state index in [-0.39, 0.29) is 11.9 Å². The lowest BCUT2D eigenvalue weighted by molar-refractivity contribution is -0.120. The summed E-state index contributed by atoms with van der Waals surface area (Å²) < 4.78 is 9.84.